The molecule has 2 aliphatic rings. The molecule has 0 unspecified atom stereocenters. The van der Waals surface area contributed by atoms with Gasteiger partial charge in [0.1, 0.15) is 0 Å². The largest absolute Gasteiger partial charge is 0.370 e. The molecule has 0 aromatic carbocycles. The van der Waals surface area contributed by atoms with E-state index in [-0.39, 0.29) is 29.4 Å². The van der Waals surface area contributed by atoms with Gasteiger partial charge >= 0.3 is 0 Å². The average molecular weight is 394 g/mol. The van der Waals surface area contributed by atoms with Crippen LogP contribution in [0.15, 0.2) is 4.99 Å². The van der Waals surface area contributed by atoms with Crippen molar-refractivity contribution < 1.29 is 0 Å². The molecule has 1 saturated heterocycles. The lowest BCUT2D eigenvalue weighted by molar-refractivity contribution is 0.216. The lowest BCUT2D eigenvalue weighted by atomic mass is 9.93. The second-order valence-electron chi connectivity index (χ2n) is 6.97. The lowest BCUT2D eigenvalue weighted by Gasteiger charge is -2.28. The Bertz CT molecular complexity index is 305. The van der Waals surface area contributed by atoms with E-state index in [1.54, 1.807) is 0 Å². The number of hydrogen-bond acceptors (Lipinski definition) is 2. The summed E-state index contributed by atoms with van der Waals surface area (Å²) >= 11 is 0. The molecule has 118 valence electrons. The van der Waals surface area contributed by atoms with Gasteiger partial charge in [0.15, 0.2) is 5.96 Å². The van der Waals surface area contributed by atoms with Gasteiger partial charge in [0, 0.05) is 19.1 Å². The zero-order valence-electron chi connectivity index (χ0n) is 13.0. The van der Waals surface area contributed by atoms with Gasteiger partial charge in [-0.15, -0.1) is 24.0 Å². The van der Waals surface area contributed by atoms with Crippen LogP contribution in [0.1, 0.15) is 52.4 Å². The van der Waals surface area contributed by atoms with E-state index in [0.717, 1.165) is 13.1 Å². The molecule has 0 atom stereocenters. The molecule has 0 spiro atoms. The van der Waals surface area contributed by atoms with Gasteiger partial charge in [-0.1, -0.05) is 26.7 Å². The Kier molecular flexibility index (Phi) is 7.58. The molecule has 1 aliphatic heterocycles. The summed E-state index contributed by atoms with van der Waals surface area (Å²) in [5.74, 6) is 0.640. The van der Waals surface area contributed by atoms with Gasteiger partial charge in [-0.05, 0) is 44.2 Å². The maximum Gasteiger partial charge on any atom is 0.188 e. The van der Waals surface area contributed by atoms with Gasteiger partial charge in [0.25, 0.3) is 0 Å². The molecule has 5 heteroatoms. The topological polar surface area (TPSA) is 53.6 Å². The van der Waals surface area contributed by atoms with E-state index < -0.39 is 0 Å². The van der Waals surface area contributed by atoms with Crippen LogP contribution in [0.5, 0.6) is 0 Å². The molecule has 0 bridgehead atoms. The van der Waals surface area contributed by atoms with Crippen molar-refractivity contribution in [2.45, 2.75) is 58.4 Å². The first kappa shape index (κ1) is 18.0. The van der Waals surface area contributed by atoms with E-state index in [4.69, 9.17) is 5.73 Å². The first-order valence-electron chi connectivity index (χ1n) is 7.84. The van der Waals surface area contributed by atoms with Crippen molar-refractivity contribution >= 4 is 29.9 Å². The molecule has 0 radical (unpaired) electrons. The van der Waals surface area contributed by atoms with Crippen molar-refractivity contribution in [2.24, 2.45) is 16.1 Å². The van der Waals surface area contributed by atoms with Crippen LogP contribution >= 0.6 is 24.0 Å². The van der Waals surface area contributed by atoms with Gasteiger partial charge in [-0.25, -0.2) is 0 Å². The molecule has 0 aromatic rings. The maximum atomic E-state index is 5.99. The summed E-state index contributed by atoms with van der Waals surface area (Å²) in [4.78, 5) is 7.11. The number of rotatable bonds is 5. The van der Waals surface area contributed by atoms with Crippen LogP contribution in [0.25, 0.3) is 0 Å². The van der Waals surface area contributed by atoms with E-state index in [2.05, 4.69) is 29.1 Å². The molecule has 0 aromatic heterocycles. The van der Waals surface area contributed by atoms with E-state index in [0.29, 0.717) is 12.0 Å². The minimum absolute atomic E-state index is 0. The molecule has 0 amide bonds. The molecule has 4 nitrogen and oxygen atoms in total. The van der Waals surface area contributed by atoms with Crippen LogP contribution < -0.4 is 11.1 Å². The fourth-order valence-electron chi connectivity index (χ4n) is 3.22. The summed E-state index contributed by atoms with van der Waals surface area (Å²) in [7, 11) is 0. The number of aliphatic imine (C=N–C) groups is 1. The highest BCUT2D eigenvalue weighted by Crippen LogP contribution is 2.21. The first-order chi connectivity index (χ1) is 9.05. The van der Waals surface area contributed by atoms with E-state index in [9.17, 15) is 0 Å². The van der Waals surface area contributed by atoms with E-state index >= 15 is 0 Å². The second-order valence-corrected chi connectivity index (χ2v) is 6.97. The van der Waals surface area contributed by atoms with Crippen LogP contribution in [0.3, 0.4) is 0 Å². The standard InChI is InChI=1S/C15H30N4.HI/c1-15(2,12-19-9-5-6-10-19)11-17-14(16)18-13-7-3-4-8-13;/h13H,3-12H2,1-2H3,(H3,16,17,18);1H. The van der Waals surface area contributed by atoms with Gasteiger partial charge in [0.2, 0.25) is 0 Å². The average Bonchev–Trinajstić information content (AvgIpc) is 2.99. The predicted octanol–water partition coefficient (Wildman–Crippen LogP) is 2.57. The third-order valence-corrected chi connectivity index (χ3v) is 4.23. The number of likely N-dealkylation sites (tertiary alicyclic amines) is 1. The number of nitrogens with one attached hydrogen (secondary N) is 1. The van der Waals surface area contributed by atoms with E-state index in [1.165, 1.54) is 51.6 Å². The number of halogens is 1. The third-order valence-electron chi connectivity index (χ3n) is 4.23. The van der Waals surface area contributed by atoms with Crippen molar-refractivity contribution in [1.82, 2.24) is 10.2 Å². The van der Waals surface area contributed by atoms with Crippen molar-refractivity contribution in [1.29, 1.82) is 0 Å². The number of nitrogens with two attached hydrogens (primary N) is 1. The predicted molar refractivity (Wildman–Crippen MR) is 96.8 cm³/mol. The monoisotopic (exact) mass is 394 g/mol. The Morgan fingerprint density at radius 2 is 1.80 bits per heavy atom. The molecule has 1 aliphatic carbocycles. The minimum atomic E-state index is 0. The number of hydrogen-bond donors (Lipinski definition) is 2. The fourth-order valence-corrected chi connectivity index (χ4v) is 3.22. The SMILES string of the molecule is CC(C)(CN=C(N)NC1CCCC1)CN1CCCC1.I. The van der Waals surface area contributed by atoms with Crippen LogP contribution in [0.2, 0.25) is 0 Å². The van der Waals surface area contributed by atoms with Crippen molar-refractivity contribution in [3.05, 3.63) is 0 Å². The first-order valence-corrected chi connectivity index (χ1v) is 7.84. The second kappa shape index (κ2) is 8.41. The summed E-state index contributed by atoms with van der Waals surface area (Å²) in [5.41, 5.74) is 6.21. The number of guanidine groups is 1. The van der Waals surface area contributed by atoms with E-state index in [1.807, 2.05) is 0 Å². The van der Waals surface area contributed by atoms with Crippen LogP contribution in [0, 0.1) is 5.41 Å². The zero-order valence-corrected chi connectivity index (χ0v) is 15.4. The molecular formula is C15H31IN4. The third kappa shape index (κ3) is 6.16. The normalized spacial score (nSPS) is 22.0. The Balaban J connectivity index is 0.00000200. The molecule has 20 heavy (non-hydrogen) atoms. The highest BCUT2D eigenvalue weighted by atomic mass is 127. The Hall–Kier alpha value is -0.0400. The van der Waals surface area contributed by atoms with Gasteiger partial charge < -0.3 is 16.0 Å². The highest BCUT2D eigenvalue weighted by molar-refractivity contribution is 14.0. The zero-order chi connectivity index (χ0) is 13.7. The van der Waals surface area contributed by atoms with Crippen molar-refractivity contribution in [3.8, 4) is 0 Å². The van der Waals surface area contributed by atoms with Crippen molar-refractivity contribution in [2.75, 3.05) is 26.2 Å². The molecule has 2 fully saturated rings. The summed E-state index contributed by atoms with van der Waals surface area (Å²) in [6.45, 7) is 9.03. The summed E-state index contributed by atoms with van der Waals surface area (Å²) < 4.78 is 0. The summed E-state index contributed by atoms with van der Waals surface area (Å²) in [6.07, 6.45) is 7.84. The Morgan fingerprint density at radius 1 is 1.20 bits per heavy atom. The number of nitrogens with zero attached hydrogens (tertiary/aromatic N) is 2. The molecule has 3 N–H and O–H groups in total. The molecule has 2 rings (SSSR count). The quantitative estimate of drug-likeness (QED) is 0.428. The highest BCUT2D eigenvalue weighted by Gasteiger charge is 2.23. The Labute approximate surface area is 141 Å². The maximum absolute atomic E-state index is 5.99. The van der Waals surface area contributed by atoms with Crippen molar-refractivity contribution in [3.63, 3.8) is 0 Å². The van der Waals surface area contributed by atoms with Crippen LogP contribution in [-0.2, 0) is 0 Å². The fraction of sp³-hybridized carbons (Fsp3) is 0.933. The summed E-state index contributed by atoms with van der Waals surface area (Å²) in [5, 5.41) is 3.36. The smallest absolute Gasteiger partial charge is 0.188 e. The van der Waals surface area contributed by atoms with Gasteiger partial charge in [-0.3, -0.25) is 4.99 Å². The van der Waals surface area contributed by atoms with Gasteiger partial charge in [-0.2, -0.15) is 0 Å². The van der Waals surface area contributed by atoms with Crippen LogP contribution in [0.4, 0.5) is 0 Å². The summed E-state index contributed by atoms with van der Waals surface area (Å²) in [6, 6.07) is 0.561. The molecular weight excluding hydrogens is 363 g/mol. The minimum Gasteiger partial charge on any atom is -0.370 e. The van der Waals surface area contributed by atoms with Crippen LogP contribution in [-0.4, -0.2) is 43.1 Å². The van der Waals surface area contributed by atoms with Gasteiger partial charge in [0.05, 0.1) is 0 Å². The molecule has 1 heterocycles. The Morgan fingerprint density at radius 3 is 2.40 bits per heavy atom. The lowest BCUT2D eigenvalue weighted by Crippen LogP contribution is -2.40. The molecule has 1 saturated carbocycles.